The van der Waals surface area contributed by atoms with Crippen molar-refractivity contribution < 1.29 is 0 Å². The number of hydrogen-bond acceptors (Lipinski definition) is 2. The highest BCUT2D eigenvalue weighted by Gasteiger charge is 2.55. The third-order valence-electron chi connectivity index (χ3n) is 5.90. The maximum Gasteiger partial charge on any atom is 0.0419 e. The van der Waals surface area contributed by atoms with Crippen molar-refractivity contribution >= 4 is 0 Å². The SMILES string of the molecule is c1ccc(C2N(C3CCNCC3)CC23CCCC3)cc1. The van der Waals surface area contributed by atoms with E-state index >= 15 is 0 Å². The molecule has 1 atom stereocenters. The molecule has 2 heterocycles. The molecule has 2 saturated heterocycles. The molecule has 3 aliphatic rings. The molecule has 1 aromatic carbocycles. The van der Waals surface area contributed by atoms with Crippen LogP contribution in [0.4, 0.5) is 0 Å². The van der Waals surface area contributed by atoms with E-state index in [2.05, 4.69) is 40.5 Å². The van der Waals surface area contributed by atoms with Crippen molar-refractivity contribution in [2.75, 3.05) is 19.6 Å². The number of hydrogen-bond donors (Lipinski definition) is 1. The van der Waals surface area contributed by atoms with Gasteiger partial charge in [0.25, 0.3) is 0 Å². The second-order valence-corrected chi connectivity index (χ2v) is 7.04. The maximum absolute atomic E-state index is 3.51. The van der Waals surface area contributed by atoms with Gasteiger partial charge < -0.3 is 5.32 Å². The lowest BCUT2D eigenvalue weighted by Gasteiger charge is -2.60. The van der Waals surface area contributed by atoms with Crippen LogP contribution in [0.2, 0.25) is 0 Å². The zero-order valence-electron chi connectivity index (χ0n) is 12.4. The van der Waals surface area contributed by atoms with Gasteiger partial charge in [0, 0.05) is 24.0 Å². The zero-order chi connectivity index (χ0) is 13.4. The predicted molar refractivity (Wildman–Crippen MR) is 82.7 cm³/mol. The normalized spacial score (nSPS) is 30.5. The van der Waals surface area contributed by atoms with Gasteiger partial charge in [-0.25, -0.2) is 0 Å². The molecule has 1 aromatic rings. The zero-order valence-corrected chi connectivity index (χ0v) is 12.4. The van der Waals surface area contributed by atoms with Crippen molar-refractivity contribution in [3.8, 4) is 0 Å². The minimum Gasteiger partial charge on any atom is -0.317 e. The molecule has 1 unspecified atom stereocenters. The van der Waals surface area contributed by atoms with Crippen molar-refractivity contribution in [1.29, 1.82) is 0 Å². The van der Waals surface area contributed by atoms with Crippen LogP contribution in [0.1, 0.15) is 50.1 Å². The molecule has 0 radical (unpaired) electrons. The second kappa shape index (κ2) is 5.16. The Morgan fingerprint density at radius 3 is 2.40 bits per heavy atom. The third kappa shape index (κ3) is 2.01. The van der Waals surface area contributed by atoms with Crippen LogP contribution in [0, 0.1) is 5.41 Å². The summed E-state index contributed by atoms with van der Waals surface area (Å²) in [5.74, 6) is 0. The standard InChI is InChI=1S/C18H26N2/c1-2-6-15(7-3-1)17-18(10-4-5-11-18)14-20(17)16-8-12-19-13-9-16/h1-3,6-7,16-17,19H,4-5,8-14H2. The van der Waals surface area contributed by atoms with Crippen LogP contribution in [0.15, 0.2) is 30.3 Å². The Bertz CT molecular complexity index is 444. The highest BCUT2D eigenvalue weighted by Crippen LogP contribution is 2.59. The van der Waals surface area contributed by atoms with E-state index in [1.807, 2.05) is 0 Å². The van der Waals surface area contributed by atoms with Gasteiger partial charge in [-0.15, -0.1) is 0 Å². The van der Waals surface area contributed by atoms with Crippen LogP contribution in [0.3, 0.4) is 0 Å². The van der Waals surface area contributed by atoms with Crippen LogP contribution < -0.4 is 5.32 Å². The van der Waals surface area contributed by atoms with E-state index in [1.54, 1.807) is 5.56 Å². The summed E-state index contributed by atoms with van der Waals surface area (Å²) in [4.78, 5) is 2.83. The number of piperidine rings is 1. The molecule has 0 amide bonds. The van der Waals surface area contributed by atoms with Gasteiger partial charge in [-0.1, -0.05) is 43.2 Å². The summed E-state index contributed by atoms with van der Waals surface area (Å²) in [6.07, 6.45) is 8.47. The fourth-order valence-electron chi connectivity index (χ4n) is 4.95. The van der Waals surface area contributed by atoms with Crippen molar-refractivity contribution in [2.24, 2.45) is 5.41 Å². The summed E-state index contributed by atoms with van der Waals surface area (Å²) in [6, 6.07) is 12.8. The third-order valence-corrected chi connectivity index (χ3v) is 5.90. The lowest BCUT2D eigenvalue weighted by Crippen LogP contribution is -2.62. The molecule has 4 rings (SSSR count). The summed E-state index contributed by atoms with van der Waals surface area (Å²) in [5.41, 5.74) is 2.19. The van der Waals surface area contributed by atoms with Crippen LogP contribution >= 0.6 is 0 Å². The molecule has 2 heteroatoms. The van der Waals surface area contributed by atoms with Crippen LogP contribution in [0.25, 0.3) is 0 Å². The summed E-state index contributed by atoms with van der Waals surface area (Å²) < 4.78 is 0. The fraction of sp³-hybridized carbons (Fsp3) is 0.667. The Labute approximate surface area is 122 Å². The molecule has 1 saturated carbocycles. The minimum absolute atomic E-state index is 0.617. The van der Waals surface area contributed by atoms with Gasteiger partial charge in [-0.2, -0.15) is 0 Å². The summed E-state index contributed by atoms with van der Waals surface area (Å²) in [7, 11) is 0. The molecule has 108 valence electrons. The smallest absolute Gasteiger partial charge is 0.0419 e. The number of rotatable bonds is 2. The molecule has 20 heavy (non-hydrogen) atoms. The molecule has 1 spiro atoms. The van der Waals surface area contributed by atoms with E-state index in [0.717, 1.165) is 6.04 Å². The predicted octanol–water partition coefficient (Wildman–Crippen LogP) is 3.36. The quantitative estimate of drug-likeness (QED) is 0.886. The lowest BCUT2D eigenvalue weighted by molar-refractivity contribution is -0.107. The van der Waals surface area contributed by atoms with Gasteiger partial charge in [-0.3, -0.25) is 4.90 Å². The molecule has 3 fully saturated rings. The van der Waals surface area contributed by atoms with Gasteiger partial charge in [0.15, 0.2) is 0 Å². The first-order valence-electron chi connectivity index (χ1n) is 8.40. The van der Waals surface area contributed by atoms with E-state index in [9.17, 15) is 0 Å². The topological polar surface area (TPSA) is 15.3 Å². The van der Waals surface area contributed by atoms with Gasteiger partial charge in [0.1, 0.15) is 0 Å². The number of likely N-dealkylation sites (tertiary alicyclic amines) is 1. The first-order valence-corrected chi connectivity index (χ1v) is 8.40. The van der Waals surface area contributed by atoms with E-state index in [0.29, 0.717) is 11.5 Å². The first-order chi connectivity index (χ1) is 9.89. The van der Waals surface area contributed by atoms with Gasteiger partial charge in [0.05, 0.1) is 0 Å². The largest absolute Gasteiger partial charge is 0.317 e. The average Bonchev–Trinajstić information content (AvgIpc) is 2.98. The highest BCUT2D eigenvalue weighted by molar-refractivity contribution is 5.27. The van der Waals surface area contributed by atoms with Crippen LogP contribution in [-0.4, -0.2) is 30.6 Å². The van der Waals surface area contributed by atoms with Crippen LogP contribution in [-0.2, 0) is 0 Å². The van der Waals surface area contributed by atoms with E-state index < -0.39 is 0 Å². The molecular weight excluding hydrogens is 244 g/mol. The van der Waals surface area contributed by atoms with E-state index in [-0.39, 0.29) is 0 Å². The molecular formula is C18H26N2. The Hall–Kier alpha value is -0.860. The lowest BCUT2D eigenvalue weighted by atomic mass is 9.66. The number of nitrogens with zero attached hydrogens (tertiary/aromatic N) is 1. The monoisotopic (exact) mass is 270 g/mol. The van der Waals surface area contributed by atoms with Crippen molar-refractivity contribution in [3.05, 3.63) is 35.9 Å². The Balaban J connectivity index is 1.60. The Morgan fingerprint density at radius 1 is 1.00 bits per heavy atom. The van der Waals surface area contributed by atoms with Crippen molar-refractivity contribution in [3.63, 3.8) is 0 Å². The highest BCUT2D eigenvalue weighted by atomic mass is 15.3. The molecule has 0 aromatic heterocycles. The maximum atomic E-state index is 3.51. The minimum atomic E-state index is 0.617. The van der Waals surface area contributed by atoms with Gasteiger partial charge in [0.2, 0.25) is 0 Å². The van der Waals surface area contributed by atoms with Gasteiger partial charge in [-0.05, 0) is 44.3 Å². The number of nitrogens with one attached hydrogen (secondary N) is 1. The number of benzene rings is 1. The fourth-order valence-corrected chi connectivity index (χ4v) is 4.95. The Kier molecular flexibility index (Phi) is 3.31. The first kappa shape index (κ1) is 12.8. The average molecular weight is 270 g/mol. The van der Waals surface area contributed by atoms with Gasteiger partial charge >= 0.3 is 0 Å². The summed E-state index contributed by atoms with van der Waals surface area (Å²) in [6.45, 7) is 3.77. The Morgan fingerprint density at radius 2 is 1.70 bits per heavy atom. The molecule has 2 aliphatic heterocycles. The summed E-state index contributed by atoms with van der Waals surface area (Å²) >= 11 is 0. The van der Waals surface area contributed by atoms with Crippen molar-refractivity contribution in [1.82, 2.24) is 10.2 Å². The summed E-state index contributed by atoms with van der Waals surface area (Å²) in [5, 5.41) is 3.51. The van der Waals surface area contributed by atoms with Crippen molar-refractivity contribution in [2.45, 2.75) is 50.6 Å². The van der Waals surface area contributed by atoms with E-state index in [4.69, 9.17) is 0 Å². The second-order valence-electron chi connectivity index (χ2n) is 7.04. The molecule has 2 nitrogen and oxygen atoms in total. The molecule has 1 N–H and O–H groups in total. The molecule has 0 bridgehead atoms. The van der Waals surface area contributed by atoms with E-state index in [1.165, 1.54) is 58.2 Å². The molecule has 1 aliphatic carbocycles. The van der Waals surface area contributed by atoms with Crippen LogP contribution in [0.5, 0.6) is 0 Å².